The summed E-state index contributed by atoms with van der Waals surface area (Å²) >= 11 is 0. The van der Waals surface area contributed by atoms with E-state index in [4.69, 9.17) is 4.74 Å². The fourth-order valence-corrected chi connectivity index (χ4v) is 1.18. The monoisotopic (exact) mass is 169 g/mol. The topological polar surface area (TPSA) is 21.3 Å². The van der Waals surface area contributed by atoms with E-state index in [2.05, 4.69) is 18.3 Å². The number of rotatable bonds is 4. The second kappa shape index (κ2) is 5.84. The van der Waals surface area contributed by atoms with Gasteiger partial charge in [-0.1, -0.05) is 12.2 Å². The Morgan fingerprint density at radius 3 is 2.42 bits per heavy atom. The van der Waals surface area contributed by atoms with Crippen LogP contribution in [-0.2, 0) is 4.74 Å². The molecule has 1 atom stereocenters. The summed E-state index contributed by atoms with van der Waals surface area (Å²) in [6.07, 6.45) is 4.22. The van der Waals surface area contributed by atoms with Crippen LogP contribution in [0.4, 0.5) is 0 Å². The summed E-state index contributed by atoms with van der Waals surface area (Å²) < 4.78 is 5.22. The summed E-state index contributed by atoms with van der Waals surface area (Å²) in [5.74, 6) is 0. The van der Waals surface area contributed by atoms with E-state index in [0.29, 0.717) is 0 Å². The fourth-order valence-electron chi connectivity index (χ4n) is 1.18. The lowest BCUT2D eigenvalue weighted by atomic mass is 10.1. The Balaban J connectivity index is 4.59. The standard InChI is InChI=1S/C10H19NO/c1-6-7-8(2)10(11-4)9(3)12-5/h6-7,9,11H,1-5H3/b7-6-,10-8-/t9-/m0/s1. The lowest BCUT2D eigenvalue weighted by Crippen LogP contribution is -2.21. The molecular formula is C10H19NO. The summed E-state index contributed by atoms with van der Waals surface area (Å²) in [7, 11) is 3.63. The minimum absolute atomic E-state index is 0.131. The normalized spacial score (nSPS) is 16.1. The largest absolute Gasteiger partial charge is 0.389 e. The molecule has 0 saturated heterocycles. The first-order valence-electron chi connectivity index (χ1n) is 4.21. The van der Waals surface area contributed by atoms with E-state index in [1.807, 2.05) is 27.0 Å². The molecule has 0 aromatic carbocycles. The van der Waals surface area contributed by atoms with E-state index in [0.717, 1.165) is 5.70 Å². The van der Waals surface area contributed by atoms with Gasteiger partial charge in [-0.25, -0.2) is 0 Å². The Morgan fingerprint density at radius 2 is 2.08 bits per heavy atom. The quantitative estimate of drug-likeness (QED) is 0.651. The number of likely N-dealkylation sites (N-methyl/N-ethyl adjacent to an activating group) is 1. The van der Waals surface area contributed by atoms with Crippen molar-refractivity contribution in [3.63, 3.8) is 0 Å². The lowest BCUT2D eigenvalue weighted by molar-refractivity contribution is 0.141. The van der Waals surface area contributed by atoms with Crippen molar-refractivity contribution in [3.8, 4) is 0 Å². The second-order valence-corrected chi connectivity index (χ2v) is 2.72. The van der Waals surface area contributed by atoms with Gasteiger partial charge in [-0.05, 0) is 26.3 Å². The number of hydrogen-bond acceptors (Lipinski definition) is 2. The molecule has 0 unspecified atom stereocenters. The molecule has 0 heterocycles. The molecule has 0 saturated carbocycles. The van der Waals surface area contributed by atoms with Crippen LogP contribution in [0.3, 0.4) is 0 Å². The Morgan fingerprint density at radius 1 is 1.50 bits per heavy atom. The van der Waals surface area contributed by atoms with Crippen molar-refractivity contribution in [2.75, 3.05) is 14.2 Å². The average Bonchev–Trinajstić information content (AvgIpc) is 2.06. The highest BCUT2D eigenvalue weighted by molar-refractivity contribution is 5.24. The van der Waals surface area contributed by atoms with Gasteiger partial charge in [0.15, 0.2) is 0 Å². The average molecular weight is 169 g/mol. The van der Waals surface area contributed by atoms with Crippen LogP contribution in [-0.4, -0.2) is 20.3 Å². The van der Waals surface area contributed by atoms with Gasteiger partial charge >= 0.3 is 0 Å². The molecule has 0 aliphatic carbocycles. The lowest BCUT2D eigenvalue weighted by Gasteiger charge is -2.16. The zero-order chi connectivity index (χ0) is 9.56. The van der Waals surface area contributed by atoms with Gasteiger partial charge in [-0.2, -0.15) is 0 Å². The Labute approximate surface area is 75.3 Å². The van der Waals surface area contributed by atoms with Crippen LogP contribution in [0.5, 0.6) is 0 Å². The number of nitrogens with one attached hydrogen (secondary N) is 1. The third-order valence-corrected chi connectivity index (χ3v) is 1.87. The molecule has 0 bridgehead atoms. The zero-order valence-corrected chi connectivity index (χ0v) is 8.64. The first kappa shape index (κ1) is 11.2. The van der Waals surface area contributed by atoms with E-state index in [-0.39, 0.29) is 6.10 Å². The van der Waals surface area contributed by atoms with E-state index < -0.39 is 0 Å². The van der Waals surface area contributed by atoms with Crippen LogP contribution in [0, 0.1) is 0 Å². The maximum atomic E-state index is 5.22. The SMILES string of the molecule is C/C=C\C(C)=C(/NC)[C@H](C)OC. The Bertz CT molecular complexity index is 182. The molecule has 0 aliphatic heterocycles. The molecule has 2 nitrogen and oxygen atoms in total. The van der Waals surface area contributed by atoms with Gasteiger partial charge in [0.2, 0.25) is 0 Å². The van der Waals surface area contributed by atoms with E-state index in [1.165, 1.54) is 5.57 Å². The van der Waals surface area contributed by atoms with Crippen LogP contribution in [0.15, 0.2) is 23.4 Å². The minimum atomic E-state index is 0.131. The van der Waals surface area contributed by atoms with Crippen molar-refractivity contribution in [1.29, 1.82) is 0 Å². The first-order valence-corrected chi connectivity index (χ1v) is 4.21. The van der Waals surface area contributed by atoms with Gasteiger partial charge in [-0.15, -0.1) is 0 Å². The van der Waals surface area contributed by atoms with Crippen LogP contribution >= 0.6 is 0 Å². The predicted octanol–water partition coefficient (Wildman–Crippen LogP) is 2.09. The molecule has 0 amide bonds. The van der Waals surface area contributed by atoms with Gasteiger partial charge in [0.1, 0.15) is 0 Å². The highest BCUT2D eigenvalue weighted by Gasteiger charge is 2.06. The van der Waals surface area contributed by atoms with E-state index in [1.54, 1.807) is 7.11 Å². The third-order valence-electron chi connectivity index (χ3n) is 1.87. The summed E-state index contributed by atoms with van der Waals surface area (Å²) in [6.45, 7) is 6.11. The Kier molecular flexibility index (Phi) is 5.47. The molecular weight excluding hydrogens is 150 g/mol. The van der Waals surface area contributed by atoms with Crippen molar-refractivity contribution in [3.05, 3.63) is 23.4 Å². The van der Waals surface area contributed by atoms with Crippen LogP contribution in [0.25, 0.3) is 0 Å². The minimum Gasteiger partial charge on any atom is -0.389 e. The van der Waals surface area contributed by atoms with Crippen molar-refractivity contribution in [2.45, 2.75) is 26.9 Å². The van der Waals surface area contributed by atoms with Crippen LogP contribution < -0.4 is 5.32 Å². The van der Waals surface area contributed by atoms with Crippen LogP contribution in [0.1, 0.15) is 20.8 Å². The summed E-state index contributed by atoms with van der Waals surface area (Å²) in [5, 5.41) is 3.14. The summed E-state index contributed by atoms with van der Waals surface area (Å²) in [6, 6.07) is 0. The van der Waals surface area contributed by atoms with E-state index >= 15 is 0 Å². The molecule has 0 aromatic heterocycles. The van der Waals surface area contributed by atoms with Gasteiger partial charge in [0.05, 0.1) is 6.10 Å². The van der Waals surface area contributed by atoms with Gasteiger partial charge in [0, 0.05) is 19.9 Å². The zero-order valence-electron chi connectivity index (χ0n) is 8.64. The first-order chi connectivity index (χ1) is 5.67. The molecule has 0 rings (SSSR count). The number of methoxy groups -OCH3 is 1. The van der Waals surface area contributed by atoms with Gasteiger partial charge < -0.3 is 10.1 Å². The maximum Gasteiger partial charge on any atom is 0.0939 e. The highest BCUT2D eigenvalue weighted by atomic mass is 16.5. The molecule has 0 spiro atoms. The molecule has 0 radical (unpaired) electrons. The number of ether oxygens (including phenoxy) is 1. The molecule has 0 fully saturated rings. The number of allylic oxidation sites excluding steroid dienone is 3. The predicted molar refractivity (Wildman–Crippen MR) is 53.0 cm³/mol. The molecule has 12 heavy (non-hydrogen) atoms. The van der Waals surface area contributed by atoms with E-state index in [9.17, 15) is 0 Å². The summed E-state index contributed by atoms with van der Waals surface area (Å²) in [4.78, 5) is 0. The summed E-state index contributed by atoms with van der Waals surface area (Å²) in [5.41, 5.74) is 2.35. The van der Waals surface area contributed by atoms with Crippen molar-refractivity contribution in [1.82, 2.24) is 5.32 Å². The molecule has 0 aromatic rings. The fraction of sp³-hybridized carbons (Fsp3) is 0.600. The van der Waals surface area contributed by atoms with Crippen LogP contribution in [0.2, 0.25) is 0 Å². The van der Waals surface area contributed by atoms with Crippen molar-refractivity contribution in [2.24, 2.45) is 0 Å². The van der Waals surface area contributed by atoms with Gasteiger partial charge in [0.25, 0.3) is 0 Å². The molecule has 0 aliphatic rings. The maximum absolute atomic E-state index is 5.22. The number of hydrogen-bond donors (Lipinski definition) is 1. The second-order valence-electron chi connectivity index (χ2n) is 2.72. The molecule has 2 heteroatoms. The Hall–Kier alpha value is -0.760. The van der Waals surface area contributed by atoms with Crippen molar-refractivity contribution < 1.29 is 4.74 Å². The molecule has 1 N–H and O–H groups in total. The van der Waals surface area contributed by atoms with Crippen molar-refractivity contribution >= 4 is 0 Å². The molecule has 70 valence electrons. The smallest absolute Gasteiger partial charge is 0.0939 e. The third kappa shape index (κ3) is 3.09. The van der Waals surface area contributed by atoms with Gasteiger partial charge in [-0.3, -0.25) is 0 Å². The highest BCUT2D eigenvalue weighted by Crippen LogP contribution is 2.08.